The Morgan fingerprint density at radius 3 is 1.62 bits per heavy atom. The predicted octanol–water partition coefficient (Wildman–Crippen LogP) is 1.82. The minimum absolute atomic E-state index is 0.0638. The van der Waals surface area contributed by atoms with Gasteiger partial charge in [-0.2, -0.15) is 26.3 Å². The third-order valence-electron chi connectivity index (χ3n) is 1.99. The van der Waals surface area contributed by atoms with Gasteiger partial charge in [0.15, 0.2) is 0 Å². The summed E-state index contributed by atoms with van der Waals surface area (Å²) >= 11 is 0. The Morgan fingerprint density at radius 1 is 1.00 bits per heavy atom. The first-order valence-electron chi connectivity index (χ1n) is 6.06. The summed E-state index contributed by atoms with van der Waals surface area (Å²) in [7, 11) is 0. The van der Waals surface area contributed by atoms with Gasteiger partial charge < -0.3 is 21.1 Å². The number of rotatable bonds is 3. The van der Waals surface area contributed by atoms with Crippen LogP contribution >= 0.6 is 0 Å². The lowest BCUT2D eigenvalue weighted by atomic mass is 10.1. The van der Waals surface area contributed by atoms with Gasteiger partial charge in [-0.15, -0.1) is 0 Å². The number of halogens is 6. The van der Waals surface area contributed by atoms with Gasteiger partial charge in [0.1, 0.15) is 0 Å². The molecule has 26 heavy (non-hydrogen) atoms. The Labute approximate surface area is 140 Å². The topological polar surface area (TPSA) is 151 Å². The van der Waals surface area contributed by atoms with Gasteiger partial charge >= 0.3 is 30.3 Å². The SMILES string of the molecule is N[C@@H](CC(=O)O)c1cccnc1.O=C(O)C(F)(F)F.O=C(O)C(F)(F)F. The highest BCUT2D eigenvalue weighted by Crippen LogP contribution is 2.13. The third-order valence-corrected chi connectivity index (χ3v) is 1.99. The summed E-state index contributed by atoms with van der Waals surface area (Å²) < 4.78 is 63.5. The van der Waals surface area contributed by atoms with Crippen LogP contribution in [0.5, 0.6) is 0 Å². The molecule has 0 amide bonds. The normalized spacial score (nSPS) is 11.8. The fourth-order valence-electron chi connectivity index (χ4n) is 0.901. The molecular formula is C12H12F6N2O6. The minimum Gasteiger partial charge on any atom is -0.481 e. The van der Waals surface area contributed by atoms with E-state index in [9.17, 15) is 31.1 Å². The number of nitrogens with zero attached hydrogens (tertiary/aromatic N) is 1. The van der Waals surface area contributed by atoms with E-state index in [2.05, 4.69) is 4.98 Å². The Morgan fingerprint density at radius 2 is 1.38 bits per heavy atom. The van der Waals surface area contributed by atoms with Gasteiger partial charge in [0.25, 0.3) is 0 Å². The lowest BCUT2D eigenvalue weighted by Gasteiger charge is -2.07. The largest absolute Gasteiger partial charge is 0.490 e. The number of carboxylic acids is 3. The molecule has 0 saturated carbocycles. The molecule has 1 heterocycles. The predicted molar refractivity (Wildman–Crippen MR) is 70.8 cm³/mol. The number of pyridine rings is 1. The van der Waals surface area contributed by atoms with Crippen LogP contribution < -0.4 is 5.73 Å². The zero-order chi connectivity index (χ0) is 21.1. The Hall–Kier alpha value is -2.90. The van der Waals surface area contributed by atoms with E-state index in [1.54, 1.807) is 24.5 Å². The van der Waals surface area contributed by atoms with E-state index in [0.717, 1.165) is 5.56 Å². The van der Waals surface area contributed by atoms with Crippen molar-refractivity contribution in [2.45, 2.75) is 24.8 Å². The first kappa shape index (κ1) is 25.3. The van der Waals surface area contributed by atoms with E-state index in [4.69, 9.17) is 30.6 Å². The highest BCUT2D eigenvalue weighted by molar-refractivity contribution is 5.73. The molecule has 0 aromatic carbocycles. The van der Waals surface area contributed by atoms with Crippen LogP contribution in [0.25, 0.3) is 0 Å². The van der Waals surface area contributed by atoms with Crippen LogP contribution in [0.3, 0.4) is 0 Å². The number of nitrogens with two attached hydrogens (primary N) is 1. The van der Waals surface area contributed by atoms with Gasteiger partial charge in [-0.05, 0) is 11.6 Å². The van der Waals surface area contributed by atoms with Crippen molar-refractivity contribution in [1.82, 2.24) is 4.98 Å². The average Bonchev–Trinajstić information content (AvgIpc) is 2.46. The Balaban J connectivity index is 0. The second kappa shape index (κ2) is 10.9. The zero-order valence-electron chi connectivity index (χ0n) is 12.5. The van der Waals surface area contributed by atoms with Gasteiger partial charge in [0.2, 0.25) is 0 Å². The van der Waals surface area contributed by atoms with Crippen LogP contribution in [-0.2, 0) is 14.4 Å². The molecule has 148 valence electrons. The molecule has 14 heteroatoms. The van der Waals surface area contributed by atoms with Crippen LogP contribution in [0.2, 0.25) is 0 Å². The second-order valence-electron chi connectivity index (χ2n) is 4.10. The number of hydrogen-bond donors (Lipinski definition) is 4. The maximum absolute atomic E-state index is 10.6. The summed E-state index contributed by atoms with van der Waals surface area (Å²) in [5.41, 5.74) is 6.33. The van der Waals surface area contributed by atoms with Gasteiger partial charge in [-0.1, -0.05) is 6.07 Å². The van der Waals surface area contributed by atoms with E-state index < -0.39 is 36.3 Å². The summed E-state index contributed by atoms with van der Waals surface area (Å²) in [5, 5.41) is 22.7. The maximum Gasteiger partial charge on any atom is 0.490 e. The van der Waals surface area contributed by atoms with Crippen LogP contribution in [0, 0.1) is 0 Å². The lowest BCUT2D eigenvalue weighted by Crippen LogP contribution is -2.21. The standard InChI is InChI=1S/C8H10N2O2.2C2HF3O2/c9-7(4-8(11)12)6-2-1-3-10-5-6;2*3-2(4,5)1(6)7/h1-3,5,7H,4,9H2,(H,11,12);2*(H,6,7)/t7-;;/m0../s1. The van der Waals surface area contributed by atoms with Crippen LogP contribution in [0.15, 0.2) is 24.5 Å². The molecule has 0 unspecified atom stereocenters. The second-order valence-corrected chi connectivity index (χ2v) is 4.10. The number of alkyl halides is 6. The number of carbonyl (C=O) groups is 3. The molecular weight excluding hydrogens is 382 g/mol. The molecule has 0 bridgehead atoms. The molecule has 5 N–H and O–H groups in total. The number of aliphatic carboxylic acids is 3. The summed E-state index contributed by atoms with van der Waals surface area (Å²) in [5.74, 6) is -6.41. The smallest absolute Gasteiger partial charge is 0.481 e. The monoisotopic (exact) mass is 394 g/mol. The van der Waals surface area contributed by atoms with Crippen molar-refractivity contribution in [1.29, 1.82) is 0 Å². The molecule has 1 atom stereocenters. The van der Waals surface area contributed by atoms with Crippen LogP contribution in [0.4, 0.5) is 26.3 Å². The summed E-state index contributed by atoms with van der Waals surface area (Å²) in [6.07, 6.45) is -7.03. The molecule has 1 rings (SSSR count). The fraction of sp³-hybridized carbons (Fsp3) is 0.333. The van der Waals surface area contributed by atoms with E-state index in [-0.39, 0.29) is 6.42 Å². The number of hydrogen-bond acceptors (Lipinski definition) is 5. The zero-order valence-corrected chi connectivity index (χ0v) is 12.5. The van der Waals surface area contributed by atoms with Crippen molar-refractivity contribution in [3.05, 3.63) is 30.1 Å². The van der Waals surface area contributed by atoms with E-state index in [1.165, 1.54) is 0 Å². The van der Waals surface area contributed by atoms with Gasteiger partial charge in [0.05, 0.1) is 6.42 Å². The quantitative estimate of drug-likeness (QED) is 0.567. The molecule has 0 aliphatic rings. The fourth-order valence-corrected chi connectivity index (χ4v) is 0.901. The molecule has 0 aliphatic heterocycles. The number of aromatic nitrogens is 1. The third kappa shape index (κ3) is 13.5. The van der Waals surface area contributed by atoms with E-state index in [1.807, 2.05) is 0 Å². The summed E-state index contributed by atoms with van der Waals surface area (Å²) in [6.45, 7) is 0. The highest BCUT2D eigenvalue weighted by atomic mass is 19.4. The van der Waals surface area contributed by atoms with Crippen molar-refractivity contribution in [3.63, 3.8) is 0 Å². The molecule has 1 aromatic rings. The number of carboxylic acid groups (broad SMARTS) is 3. The lowest BCUT2D eigenvalue weighted by molar-refractivity contribution is -0.193. The first-order valence-corrected chi connectivity index (χ1v) is 6.06. The summed E-state index contributed by atoms with van der Waals surface area (Å²) in [4.78, 5) is 31.9. The van der Waals surface area contributed by atoms with Crippen molar-refractivity contribution < 1.29 is 56.0 Å². The van der Waals surface area contributed by atoms with Crippen LogP contribution in [0.1, 0.15) is 18.0 Å². The molecule has 0 radical (unpaired) electrons. The minimum atomic E-state index is -5.08. The molecule has 8 nitrogen and oxygen atoms in total. The summed E-state index contributed by atoms with van der Waals surface area (Å²) in [6, 6.07) is 3.04. The van der Waals surface area contributed by atoms with Gasteiger partial charge in [-0.3, -0.25) is 9.78 Å². The molecule has 0 spiro atoms. The molecule has 0 aliphatic carbocycles. The van der Waals surface area contributed by atoms with Gasteiger partial charge in [0, 0.05) is 18.4 Å². The molecule has 0 saturated heterocycles. The maximum atomic E-state index is 10.6. The molecule has 1 aromatic heterocycles. The Bertz CT molecular complexity index is 566. The Kier molecular flexibility index (Phi) is 10.6. The molecule has 0 fully saturated rings. The van der Waals surface area contributed by atoms with Crippen molar-refractivity contribution in [2.75, 3.05) is 0 Å². The van der Waals surface area contributed by atoms with E-state index in [0.29, 0.717) is 0 Å². The van der Waals surface area contributed by atoms with Crippen molar-refractivity contribution in [3.8, 4) is 0 Å². The van der Waals surface area contributed by atoms with Crippen molar-refractivity contribution >= 4 is 17.9 Å². The average molecular weight is 394 g/mol. The van der Waals surface area contributed by atoms with Crippen molar-refractivity contribution in [2.24, 2.45) is 5.73 Å². The first-order chi connectivity index (χ1) is 11.6. The highest BCUT2D eigenvalue weighted by Gasteiger charge is 2.38. The van der Waals surface area contributed by atoms with Gasteiger partial charge in [-0.25, -0.2) is 9.59 Å². The van der Waals surface area contributed by atoms with Crippen LogP contribution in [-0.4, -0.2) is 50.6 Å². The van der Waals surface area contributed by atoms with E-state index >= 15 is 0 Å².